The van der Waals surface area contributed by atoms with Crippen LogP contribution in [0, 0.1) is 6.92 Å². The van der Waals surface area contributed by atoms with Crippen molar-refractivity contribution in [3.63, 3.8) is 0 Å². The van der Waals surface area contributed by atoms with E-state index in [-0.39, 0.29) is 5.12 Å². The summed E-state index contributed by atoms with van der Waals surface area (Å²) in [5, 5.41) is -0.288. The molecule has 1 aromatic rings. The Bertz CT molecular complexity index is 260. The van der Waals surface area contributed by atoms with Gasteiger partial charge in [0, 0.05) is 6.20 Å². The zero-order valence-electron chi connectivity index (χ0n) is 5.53. The first-order valence-corrected chi connectivity index (χ1v) is 3.31. The standard InChI is InChI=1S/C7H7NOS/c1-5-2-3-8-6(4-5)7(9)10/h2-4H,1H3,(H,9,10). The Kier molecular flexibility index (Phi) is 2.06. The van der Waals surface area contributed by atoms with Crippen LogP contribution < -0.4 is 0 Å². The third-order valence-corrected chi connectivity index (χ3v) is 1.36. The summed E-state index contributed by atoms with van der Waals surface area (Å²) in [4.78, 5) is 14.4. The van der Waals surface area contributed by atoms with Gasteiger partial charge in [-0.15, -0.1) is 0 Å². The molecule has 0 fully saturated rings. The van der Waals surface area contributed by atoms with E-state index in [0.717, 1.165) is 5.56 Å². The first-order chi connectivity index (χ1) is 4.70. The van der Waals surface area contributed by atoms with Gasteiger partial charge in [0.05, 0.1) is 0 Å². The summed E-state index contributed by atoms with van der Waals surface area (Å²) in [6.45, 7) is 1.90. The molecule has 1 aromatic heterocycles. The summed E-state index contributed by atoms with van der Waals surface area (Å²) in [6.07, 6.45) is 1.60. The fourth-order valence-corrected chi connectivity index (χ4v) is 0.775. The lowest BCUT2D eigenvalue weighted by atomic mass is 10.2. The number of aryl methyl sites for hydroxylation is 1. The Morgan fingerprint density at radius 3 is 2.80 bits per heavy atom. The van der Waals surface area contributed by atoms with E-state index in [1.165, 1.54) is 0 Å². The highest BCUT2D eigenvalue weighted by molar-refractivity contribution is 7.97. The predicted octanol–water partition coefficient (Wildman–Crippen LogP) is 1.46. The Hall–Kier alpha value is -0.830. The molecule has 0 saturated carbocycles. The molecular weight excluding hydrogens is 146 g/mol. The fraction of sp³-hybridized carbons (Fsp3) is 0.143. The second kappa shape index (κ2) is 2.84. The molecule has 0 bridgehead atoms. The molecule has 0 aliphatic heterocycles. The van der Waals surface area contributed by atoms with Gasteiger partial charge in [-0.3, -0.25) is 9.78 Å². The van der Waals surface area contributed by atoms with Crippen molar-refractivity contribution in [1.29, 1.82) is 0 Å². The molecule has 1 rings (SSSR count). The first kappa shape index (κ1) is 7.28. The van der Waals surface area contributed by atoms with Gasteiger partial charge in [-0.05, 0) is 24.6 Å². The maximum absolute atomic E-state index is 10.6. The summed E-state index contributed by atoms with van der Waals surface area (Å²) in [6, 6.07) is 3.54. The van der Waals surface area contributed by atoms with E-state index in [4.69, 9.17) is 0 Å². The number of pyridine rings is 1. The minimum absolute atomic E-state index is 0.288. The van der Waals surface area contributed by atoms with Gasteiger partial charge in [-0.2, -0.15) is 0 Å². The molecule has 0 radical (unpaired) electrons. The van der Waals surface area contributed by atoms with E-state index in [2.05, 4.69) is 17.6 Å². The summed E-state index contributed by atoms with van der Waals surface area (Å²) in [5.74, 6) is 0. The van der Waals surface area contributed by atoms with Crippen LogP contribution in [0.1, 0.15) is 16.1 Å². The number of aromatic nitrogens is 1. The summed E-state index contributed by atoms with van der Waals surface area (Å²) < 4.78 is 0. The van der Waals surface area contributed by atoms with Crippen LogP contribution in [0.5, 0.6) is 0 Å². The van der Waals surface area contributed by atoms with Crippen molar-refractivity contribution in [2.45, 2.75) is 6.92 Å². The molecule has 0 amide bonds. The summed E-state index contributed by atoms with van der Waals surface area (Å²) in [7, 11) is 0. The maximum Gasteiger partial charge on any atom is 0.234 e. The molecule has 0 unspecified atom stereocenters. The monoisotopic (exact) mass is 153 g/mol. The lowest BCUT2D eigenvalue weighted by Gasteiger charge is -1.93. The molecule has 1 heterocycles. The number of carbonyl (C=O) groups is 1. The van der Waals surface area contributed by atoms with Gasteiger partial charge in [0.1, 0.15) is 5.69 Å². The molecule has 0 saturated heterocycles. The van der Waals surface area contributed by atoms with Crippen molar-refractivity contribution in [2.75, 3.05) is 0 Å². The number of thiol groups is 1. The molecule has 10 heavy (non-hydrogen) atoms. The predicted molar refractivity (Wildman–Crippen MR) is 42.3 cm³/mol. The highest BCUT2D eigenvalue weighted by Gasteiger charge is 1.99. The highest BCUT2D eigenvalue weighted by Crippen LogP contribution is 2.01. The van der Waals surface area contributed by atoms with Crippen LogP contribution in [0.2, 0.25) is 0 Å². The van der Waals surface area contributed by atoms with Crippen LogP contribution in [0.15, 0.2) is 18.3 Å². The quantitative estimate of drug-likeness (QED) is 0.619. The molecule has 0 spiro atoms. The summed E-state index contributed by atoms with van der Waals surface area (Å²) in [5.41, 5.74) is 1.43. The van der Waals surface area contributed by atoms with Crippen molar-refractivity contribution in [1.82, 2.24) is 4.98 Å². The minimum atomic E-state index is -0.288. The van der Waals surface area contributed by atoms with Gasteiger partial charge in [0.2, 0.25) is 5.12 Å². The van der Waals surface area contributed by atoms with E-state index in [1.807, 2.05) is 13.0 Å². The number of rotatable bonds is 1. The Labute approximate surface area is 64.7 Å². The number of nitrogens with zero attached hydrogens (tertiary/aromatic N) is 1. The fourth-order valence-electron chi connectivity index (χ4n) is 0.653. The van der Waals surface area contributed by atoms with Crippen molar-refractivity contribution < 1.29 is 4.79 Å². The lowest BCUT2D eigenvalue weighted by molar-refractivity contribution is 0.108. The Morgan fingerprint density at radius 1 is 1.70 bits per heavy atom. The third kappa shape index (κ3) is 1.57. The van der Waals surface area contributed by atoms with Crippen molar-refractivity contribution >= 4 is 17.7 Å². The average Bonchev–Trinajstić information content (AvgIpc) is 1.88. The zero-order chi connectivity index (χ0) is 7.56. The number of hydrogen-bond donors (Lipinski definition) is 1. The first-order valence-electron chi connectivity index (χ1n) is 2.86. The number of hydrogen-bond acceptors (Lipinski definition) is 2. The third-order valence-electron chi connectivity index (χ3n) is 1.13. The normalized spacial score (nSPS) is 9.40. The minimum Gasteiger partial charge on any atom is -0.280 e. The largest absolute Gasteiger partial charge is 0.280 e. The molecule has 2 nitrogen and oxygen atoms in total. The van der Waals surface area contributed by atoms with Gasteiger partial charge in [-0.25, -0.2) is 0 Å². The van der Waals surface area contributed by atoms with Crippen LogP contribution in [0.3, 0.4) is 0 Å². The Morgan fingerprint density at radius 2 is 2.40 bits per heavy atom. The molecule has 0 aliphatic rings. The second-order valence-corrected chi connectivity index (χ2v) is 2.43. The van der Waals surface area contributed by atoms with E-state index >= 15 is 0 Å². The highest BCUT2D eigenvalue weighted by atomic mass is 32.1. The zero-order valence-corrected chi connectivity index (χ0v) is 6.43. The van der Waals surface area contributed by atoms with Gasteiger partial charge in [0.25, 0.3) is 0 Å². The maximum atomic E-state index is 10.6. The van der Waals surface area contributed by atoms with E-state index in [9.17, 15) is 4.79 Å². The Balaban J connectivity index is 3.07. The molecule has 0 aliphatic carbocycles. The molecule has 52 valence electrons. The smallest absolute Gasteiger partial charge is 0.234 e. The second-order valence-electron chi connectivity index (χ2n) is 2.02. The van der Waals surface area contributed by atoms with Crippen molar-refractivity contribution in [3.8, 4) is 0 Å². The van der Waals surface area contributed by atoms with E-state index in [0.29, 0.717) is 5.69 Å². The topological polar surface area (TPSA) is 30.0 Å². The SMILES string of the molecule is Cc1ccnc(C(=O)S)c1. The van der Waals surface area contributed by atoms with Gasteiger partial charge in [0.15, 0.2) is 0 Å². The molecule has 0 atom stereocenters. The number of carbonyl (C=O) groups excluding carboxylic acids is 1. The van der Waals surface area contributed by atoms with Crippen molar-refractivity contribution in [2.24, 2.45) is 0 Å². The van der Waals surface area contributed by atoms with Crippen LogP contribution in [0.4, 0.5) is 0 Å². The average molecular weight is 153 g/mol. The molecule has 0 N–H and O–H groups in total. The van der Waals surface area contributed by atoms with Crippen LogP contribution in [-0.2, 0) is 0 Å². The van der Waals surface area contributed by atoms with Crippen LogP contribution in [0.25, 0.3) is 0 Å². The molecule has 0 aromatic carbocycles. The van der Waals surface area contributed by atoms with Crippen LogP contribution >= 0.6 is 12.6 Å². The van der Waals surface area contributed by atoms with Gasteiger partial charge < -0.3 is 0 Å². The van der Waals surface area contributed by atoms with E-state index < -0.39 is 0 Å². The van der Waals surface area contributed by atoms with Crippen LogP contribution in [-0.4, -0.2) is 10.1 Å². The summed E-state index contributed by atoms with van der Waals surface area (Å²) >= 11 is 3.63. The molecule has 3 heteroatoms. The molecular formula is C7H7NOS. The lowest BCUT2D eigenvalue weighted by Crippen LogP contribution is -1.92. The van der Waals surface area contributed by atoms with Gasteiger partial charge in [-0.1, -0.05) is 12.6 Å². The van der Waals surface area contributed by atoms with E-state index in [1.54, 1.807) is 12.3 Å². The van der Waals surface area contributed by atoms with Crippen molar-refractivity contribution in [3.05, 3.63) is 29.6 Å². The van der Waals surface area contributed by atoms with Gasteiger partial charge >= 0.3 is 0 Å².